The molecule has 2 rings (SSSR count). The van der Waals surface area contributed by atoms with E-state index in [1.54, 1.807) is 20.8 Å². The number of carbonyl (C=O) groups is 2. The Kier molecular flexibility index (Phi) is 5.19. The molecule has 0 spiro atoms. The van der Waals surface area contributed by atoms with E-state index in [0.717, 1.165) is 5.56 Å². The number of carbonyl (C=O) groups excluding carboxylic acids is 2. The molecule has 0 saturated carbocycles. The van der Waals surface area contributed by atoms with Gasteiger partial charge in [0.05, 0.1) is 25.2 Å². The first-order valence-electron chi connectivity index (χ1n) is 7.58. The Morgan fingerprint density at radius 1 is 1.18 bits per heavy atom. The Balaban J connectivity index is 2.28. The van der Waals surface area contributed by atoms with Gasteiger partial charge < -0.3 is 14.2 Å². The van der Waals surface area contributed by atoms with Gasteiger partial charge in [0.25, 0.3) is 0 Å². The van der Waals surface area contributed by atoms with Crippen LogP contribution in [0.2, 0.25) is 0 Å². The van der Waals surface area contributed by atoms with Crippen molar-refractivity contribution in [1.82, 2.24) is 0 Å². The first kappa shape index (κ1) is 16.5. The molecule has 1 aromatic carbocycles. The van der Waals surface area contributed by atoms with Gasteiger partial charge in [0.2, 0.25) is 0 Å². The van der Waals surface area contributed by atoms with Crippen LogP contribution in [0.3, 0.4) is 0 Å². The molecule has 0 bridgehead atoms. The van der Waals surface area contributed by atoms with Gasteiger partial charge in [-0.25, -0.2) is 4.79 Å². The Labute approximate surface area is 130 Å². The average Bonchev–Trinajstić information content (AvgIpc) is 2.88. The molecular formula is C17H22O5. The lowest BCUT2D eigenvalue weighted by Gasteiger charge is -2.22. The maximum Gasteiger partial charge on any atom is 0.338 e. The molecule has 0 aliphatic carbocycles. The first-order valence-corrected chi connectivity index (χ1v) is 7.58. The Hall–Kier alpha value is -1.88. The van der Waals surface area contributed by atoms with E-state index in [0.29, 0.717) is 6.61 Å². The van der Waals surface area contributed by atoms with Gasteiger partial charge in [-0.3, -0.25) is 4.79 Å². The van der Waals surface area contributed by atoms with Gasteiger partial charge in [0, 0.05) is 6.42 Å². The van der Waals surface area contributed by atoms with E-state index in [2.05, 4.69) is 0 Å². The van der Waals surface area contributed by atoms with Gasteiger partial charge in [-0.15, -0.1) is 0 Å². The van der Waals surface area contributed by atoms with Crippen LogP contribution in [-0.4, -0.2) is 30.8 Å². The number of benzene rings is 1. The van der Waals surface area contributed by atoms with Crippen molar-refractivity contribution in [2.45, 2.75) is 38.9 Å². The van der Waals surface area contributed by atoms with Gasteiger partial charge in [-0.2, -0.15) is 0 Å². The minimum Gasteiger partial charge on any atom is -0.466 e. The summed E-state index contributed by atoms with van der Waals surface area (Å²) < 4.78 is 16.2. The third-order valence-electron chi connectivity index (χ3n) is 3.79. The van der Waals surface area contributed by atoms with Gasteiger partial charge in [0.15, 0.2) is 5.60 Å². The first-order chi connectivity index (χ1) is 10.5. The molecule has 1 aliphatic rings. The van der Waals surface area contributed by atoms with Crippen LogP contribution in [0.4, 0.5) is 0 Å². The molecule has 22 heavy (non-hydrogen) atoms. The summed E-state index contributed by atoms with van der Waals surface area (Å²) >= 11 is 0. The van der Waals surface area contributed by atoms with Crippen LogP contribution >= 0.6 is 0 Å². The summed E-state index contributed by atoms with van der Waals surface area (Å²) in [6.45, 7) is 5.74. The van der Waals surface area contributed by atoms with E-state index in [4.69, 9.17) is 14.2 Å². The largest absolute Gasteiger partial charge is 0.466 e. The number of hydrogen-bond donors (Lipinski definition) is 0. The van der Waals surface area contributed by atoms with Crippen LogP contribution in [0.5, 0.6) is 0 Å². The lowest BCUT2D eigenvalue weighted by Crippen LogP contribution is -2.36. The van der Waals surface area contributed by atoms with Crippen LogP contribution in [0.1, 0.15) is 38.9 Å². The van der Waals surface area contributed by atoms with Gasteiger partial charge in [-0.05, 0) is 26.3 Å². The predicted molar refractivity (Wildman–Crippen MR) is 80.0 cm³/mol. The lowest BCUT2D eigenvalue weighted by atomic mass is 9.90. The highest BCUT2D eigenvalue weighted by atomic mass is 16.6. The van der Waals surface area contributed by atoms with Crippen molar-refractivity contribution >= 4 is 11.9 Å². The second kappa shape index (κ2) is 6.92. The normalized spacial score (nSPS) is 27.4. The van der Waals surface area contributed by atoms with Crippen molar-refractivity contribution < 1.29 is 23.8 Å². The topological polar surface area (TPSA) is 61.8 Å². The third kappa shape index (κ3) is 3.30. The minimum atomic E-state index is -1.13. The Bertz CT molecular complexity index is 527. The zero-order valence-corrected chi connectivity index (χ0v) is 13.2. The highest BCUT2D eigenvalue weighted by molar-refractivity contribution is 5.82. The summed E-state index contributed by atoms with van der Waals surface area (Å²) in [5.41, 5.74) is -0.276. The van der Waals surface area contributed by atoms with E-state index >= 15 is 0 Å². The average molecular weight is 306 g/mol. The standard InChI is InChI=1S/C17H22O5/c1-4-20-15(18)13-11-17(3,16(19)21-5-2)22-14(13)12-9-7-6-8-10-12/h6-10,13-14H,4-5,11H2,1-3H3/t13-,14-,17-/m1/s1. The number of hydrogen-bond acceptors (Lipinski definition) is 5. The molecule has 1 aromatic rings. The zero-order chi connectivity index (χ0) is 16.2. The number of ether oxygens (including phenoxy) is 3. The quantitative estimate of drug-likeness (QED) is 0.783. The summed E-state index contributed by atoms with van der Waals surface area (Å²) in [5, 5.41) is 0. The summed E-state index contributed by atoms with van der Waals surface area (Å²) in [6.07, 6.45) is -0.251. The maximum absolute atomic E-state index is 12.2. The van der Waals surface area contributed by atoms with Crippen LogP contribution in [0, 0.1) is 5.92 Å². The fourth-order valence-corrected chi connectivity index (χ4v) is 2.75. The summed E-state index contributed by atoms with van der Waals surface area (Å²) in [6, 6.07) is 9.41. The molecular weight excluding hydrogens is 284 g/mol. The lowest BCUT2D eigenvalue weighted by molar-refractivity contribution is -0.169. The van der Waals surface area contributed by atoms with E-state index in [-0.39, 0.29) is 19.0 Å². The molecule has 0 radical (unpaired) electrons. The van der Waals surface area contributed by atoms with Crippen molar-refractivity contribution in [3.63, 3.8) is 0 Å². The third-order valence-corrected chi connectivity index (χ3v) is 3.79. The molecule has 120 valence electrons. The molecule has 5 nitrogen and oxygen atoms in total. The van der Waals surface area contributed by atoms with Crippen molar-refractivity contribution in [3.8, 4) is 0 Å². The molecule has 1 heterocycles. The highest BCUT2D eigenvalue weighted by Gasteiger charge is 2.52. The van der Waals surface area contributed by atoms with E-state index in [1.807, 2.05) is 30.3 Å². The van der Waals surface area contributed by atoms with Gasteiger partial charge in [0.1, 0.15) is 0 Å². The molecule has 1 aliphatic heterocycles. The minimum absolute atomic E-state index is 0.254. The van der Waals surface area contributed by atoms with Crippen molar-refractivity contribution in [2.24, 2.45) is 5.92 Å². The zero-order valence-electron chi connectivity index (χ0n) is 13.2. The fourth-order valence-electron chi connectivity index (χ4n) is 2.75. The summed E-state index contributed by atoms with van der Waals surface area (Å²) in [4.78, 5) is 24.4. The molecule has 1 saturated heterocycles. The van der Waals surface area contributed by atoms with Crippen LogP contribution < -0.4 is 0 Å². The molecule has 1 fully saturated rings. The van der Waals surface area contributed by atoms with Crippen LogP contribution in [0.15, 0.2) is 30.3 Å². The van der Waals surface area contributed by atoms with Gasteiger partial charge in [-0.1, -0.05) is 30.3 Å². The van der Waals surface area contributed by atoms with E-state index < -0.39 is 23.6 Å². The van der Waals surface area contributed by atoms with E-state index in [1.165, 1.54) is 0 Å². The number of esters is 2. The van der Waals surface area contributed by atoms with Crippen molar-refractivity contribution in [1.29, 1.82) is 0 Å². The molecule has 0 unspecified atom stereocenters. The molecule has 0 aromatic heterocycles. The molecule has 3 atom stereocenters. The number of rotatable bonds is 5. The molecule has 0 N–H and O–H groups in total. The van der Waals surface area contributed by atoms with Gasteiger partial charge >= 0.3 is 11.9 Å². The van der Waals surface area contributed by atoms with Crippen molar-refractivity contribution in [3.05, 3.63) is 35.9 Å². The molecule has 0 amide bonds. The maximum atomic E-state index is 12.2. The van der Waals surface area contributed by atoms with Crippen molar-refractivity contribution in [2.75, 3.05) is 13.2 Å². The highest BCUT2D eigenvalue weighted by Crippen LogP contribution is 2.45. The SMILES string of the molecule is CCOC(=O)[C@@H]1C[C@](C)(C(=O)OCC)O[C@@H]1c1ccccc1. The Morgan fingerprint density at radius 2 is 1.82 bits per heavy atom. The fraction of sp³-hybridized carbons (Fsp3) is 0.529. The molecule has 5 heteroatoms. The summed E-state index contributed by atoms with van der Waals surface area (Å²) in [7, 11) is 0. The second-order valence-electron chi connectivity index (χ2n) is 5.46. The smallest absolute Gasteiger partial charge is 0.338 e. The van der Waals surface area contributed by atoms with Crippen LogP contribution in [0.25, 0.3) is 0 Å². The van der Waals surface area contributed by atoms with E-state index in [9.17, 15) is 9.59 Å². The summed E-state index contributed by atoms with van der Waals surface area (Å²) in [5.74, 6) is -1.30. The monoisotopic (exact) mass is 306 g/mol. The predicted octanol–water partition coefficient (Wildman–Crippen LogP) is 2.65. The Morgan fingerprint density at radius 3 is 2.41 bits per heavy atom. The van der Waals surface area contributed by atoms with Crippen LogP contribution in [-0.2, 0) is 23.8 Å². The second-order valence-corrected chi connectivity index (χ2v) is 5.46.